The molecule has 0 bridgehead atoms. The molecule has 0 aromatic heterocycles. The Kier molecular flexibility index (Phi) is 8.36. The molecule has 1 amide bonds. The van der Waals surface area contributed by atoms with E-state index in [1.807, 2.05) is 6.07 Å². The predicted octanol–water partition coefficient (Wildman–Crippen LogP) is 5.75. The third-order valence-corrected chi connectivity index (χ3v) is 6.79. The Morgan fingerprint density at radius 3 is 2.17 bits per heavy atom. The molecule has 2 N–H and O–H groups in total. The molecule has 0 saturated heterocycles. The van der Waals surface area contributed by atoms with Crippen LogP contribution >= 0.6 is 11.6 Å². The lowest BCUT2D eigenvalue weighted by molar-refractivity contribution is -0.137. The van der Waals surface area contributed by atoms with Gasteiger partial charge in [-0.15, -0.1) is 0 Å². The van der Waals surface area contributed by atoms with Crippen molar-refractivity contribution in [3.63, 3.8) is 0 Å². The summed E-state index contributed by atoms with van der Waals surface area (Å²) in [6, 6.07) is 13.3. The standard InChI is InChI=1S/C24H22ClF3N2O5S/c1-34-21-11-3-15(13-22(21)35-2)4-12-23(31)29-16-5-8-18(9-6-16)36(32,33)30-17-7-10-20(25)19(14-17)24(26,27)28/h3,5-11,13-14,30H,4,12H2,1-2H3,(H,29,31). The Balaban J connectivity index is 1.63. The average Bonchev–Trinajstić information content (AvgIpc) is 2.83. The molecular formula is C24H22ClF3N2O5S. The summed E-state index contributed by atoms with van der Waals surface area (Å²) in [5.74, 6) is 0.834. The number of benzene rings is 3. The van der Waals surface area contributed by atoms with Gasteiger partial charge in [0, 0.05) is 17.8 Å². The van der Waals surface area contributed by atoms with E-state index in [2.05, 4.69) is 10.0 Å². The average molecular weight is 543 g/mol. The molecule has 0 radical (unpaired) electrons. The second-order valence-electron chi connectivity index (χ2n) is 7.56. The minimum atomic E-state index is -4.74. The number of sulfonamides is 1. The van der Waals surface area contributed by atoms with Crippen LogP contribution in [0.2, 0.25) is 5.02 Å². The minimum Gasteiger partial charge on any atom is -0.493 e. The Labute approximate surface area is 211 Å². The Hall–Kier alpha value is -3.44. The highest BCUT2D eigenvalue weighted by atomic mass is 35.5. The molecule has 3 aromatic rings. The number of hydrogen-bond acceptors (Lipinski definition) is 5. The molecule has 0 spiro atoms. The summed E-state index contributed by atoms with van der Waals surface area (Å²) in [7, 11) is -1.14. The zero-order valence-corrected chi connectivity index (χ0v) is 20.7. The smallest absolute Gasteiger partial charge is 0.417 e. The van der Waals surface area contributed by atoms with E-state index in [4.69, 9.17) is 21.1 Å². The van der Waals surface area contributed by atoms with Gasteiger partial charge in [-0.1, -0.05) is 17.7 Å². The number of anilines is 2. The third kappa shape index (κ3) is 6.82. The molecule has 12 heteroatoms. The van der Waals surface area contributed by atoms with Crippen LogP contribution in [0.25, 0.3) is 0 Å². The van der Waals surface area contributed by atoms with Crippen molar-refractivity contribution < 1.29 is 35.9 Å². The van der Waals surface area contributed by atoms with Crippen molar-refractivity contribution in [2.75, 3.05) is 24.3 Å². The SMILES string of the molecule is COc1ccc(CCC(=O)Nc2ccc(S(=O)(=O)Nc3ccc(Cl)c(C(F)(F)F)c3)cc2)cc1OC. The molecule has 192 valence electrons. The summed E-state index contributed by atoms with van der Waals surface area (Å²) < 4.78 is 76.9. The van der Waals surface area contributed by atoms with Gasteiger partial charge in [-0.05, 0) is 66.6 Å². The van der Waals surface area contributed by atoms with Gasteiger partial charge in [0.2, 0.25) is 5.91 Å². The second-order valence-corrected chi connectivity index (χ2v) is 9.65. The summed E-state index contributed by atoms with van der Waals surface area (Å²) in [6.45, 7) is 0. The molecule has 0 aliphatic carbocycles. The van der Waals surface area contributed by atoms with Gasteiger partial charge in [0.25, 0.3) is 10.0 Å². The molecule has 0 fully saturated rings. The maximum absolute atomic E-state index is 13.0. The van der Waals surface area contributed by atoms with Crippen LogP contribution in [-0.4, -0.2) is 28.5 Å². The number of aryl methyl sites for hydroxylation is 1. The fourth-order valence-corrected chi connectivity index (χ4v) is 4.53. The molecule has 0 aliphatic heterocycles. The van der Waals surface area contributed by atoms with Gasteiger partial charge in [0.15, 0.2) is 11.5 Å². The van der Waals surface area contributed by atoms with Crippen LogP contribution in [0, 0.1) is 0 Å². The molecular weight excluding hydrogens is 521 g/mol. The van der Waals surface area contributed by atoms with Crippen LogP contribution in [-0.2, 0) is 27.4 Å². The zero-order chi connectivity index (χ0) is 26.5. The maximum Gasteiger partial charge on any atom is 0.417 e. The highest BCUT2D eigenvalue weighted by molar-refractivity contribution is 7.92. The molecule has 0 atom stereocenters. The van der Waals surface area contributed by atoms with E-state index in [9.17, 15) is 26.4 Å². The van der Waals surface area contributed by atoms with Crippen molar-refractivity contribution in [3.8, 4) is 11.5 Å². The summed E-state index contributed by atoms with van der Waals surface area (Å²) >= 11 is 5.57. The van der Waals surface area contributed by atoms with Crippen LogP contribution in [0.15, 0.2) is 65.6 Å². The van der Waals surface area contributed by atoms with Gasteiger partial charge in [-0.3, -0.25) is 9.52 Å². The van der Waals surface area contributed by atoms with Gasteiger partial charge in [0.1, 0.15) is 0 Å². The predicted molar refractivity (Wildman–Crippen MR) is 130 cm³/mol. The number of rotatable bonds is 9. The molecule has 3 aromatic carbocycles. The van der Waals surface area contributed by atoms with E-state index in [0.29, 0.717) is 29.7 Å². The Morgan fingerprint density at radius 2 is 1.56 bits per heavy atom. The fraction of sp³-hybridized carbons (Fsp3) is 0.208. The lowest BCUT2D eigenvalue weighted by Crippen LogP contribution is -2.15. The number of carbonyl (C=O) groups is 1. The topological polar surface area (TPSA) is 93.7 Å². The van der Waals surface area contributed by atoms with Crippen molar-refractivity contribution in [3.05, 3.63) is 76.8 Å². The normalized spacial score (nSPS) is 11.6. The number of methoxy groups -OCH3 is 2. The van der Waals surface area contributed by atoms with Crippen LogP contribution in [0.4, 0.5) is 24.5 Å². The molecule has 36 heavy (non-hydrogen) atoms. The number of alkyl halides is 3. The maximum atomic E-state index is 13.0. The number of halogens is 4. The van der Waals surface area contributed by atoms with Gasteiger partial charge in [-0.2, -0.15) is 13.2 Å². The van der Waals surface area contributed by atoms with Crippen molar-refractivity contribution in [2.45, 2.75) is 23.9 Å². The van der Waals surface area contributed by atoms with Crippen molar-refractivity contribution in [1.82, 2.24) is 0 Å². The number of ether oxygens (including phenoxy) is 2. The molecule has 0 unspecified atom stereocenters. The first kappa shape index (κ1) is 27.2. The number of amides is 1. The molecule has 0 aliphatic rings. The first-order chi connectivity index (χ1) is 16.9. The quantitative estimate of drug-likeness (QED) is 0.359. The van der Waals surface area contributed by atoms with E-state index < -0.39 is 26.8 Å². The highest BCUT2D eigenvalue weighted by Gasteiger charge is 2.33. The van der Waals surface area contributed by atoms with Crippen LogP contribution in [0.1, 0.15) is 17.5 Å². The first-order valence-corrected chi connectivity index (χ1v) is 12.3. The summed E-state index contributed by atoms with van der Waals surface area (Å²) in [6.07, 6.45) is -4.14. The van der Waals surface area contributed by atoms with Crippen molar-refractivity contribution >= 4 is 38.9 Å². The number of hydrogen-bond donors (Lipinski definition) is 2. The van der Waals surface area contributed by atoms with Crippen LogP contribution in [0.5, 0.6) is 11.5 Å². The molecule has 7 nitrogen and oxygen atoms in total. The van der Waals surface area contributed by atoms with Crippen molar-refractivity contribution in [1.29, 1.82) is 0 Å². The van der Waals surface area contributed by atoms with E-state index in [-0.39, 0.29) is 22.9 Å². The number of carbonyl (C=O) groups excluding carboxylic acids is 1. The molecule has 0 saturated carbocycles. The van der Waals surface area contributed by atoms with Gasteiger partial charge >= 0.3 is 6.18 Å². The van der Waals surface area contributed by atoms with Gasteiger partial charge < -0.3 is 14.8 Å². The molecule has 3 rings (SSSR count). The summed E-state index contributed by atoms with van der Waals surface area (Å²) in [5, 5.41) is 2.13. The molecule has 0 heterocycles. The second kappa shape index (κ2) is 11.1. The summed E-state index contributed by atoms with van der Waals surface area (Å²) in [5.41, 5.74) is -0.224. The van der Waals surface area contributed by atoms with Gasteiger partial charge in [0.05, 0.1) is 29.7 Å². The van der Waals surface area contributed by atoms with E-state index >= 15 is 0 Å². The largest absolute Gasteiger partial charge is 0.493 e. The van der Waals surface area contributed by atoms with Crippen LogP contribution in [0.3, 0.4) is 0 Å². The van der Waals surface area contributed by atoms with E-state index in [1.54, 1.807) is 12.1 Å². The van der Waals surface area contributed by atoms with Crippen LogP contribution < -0.4 is 19.5 Å². The minimum absolute atomic E-state index is 0.162. The van der Waals surface area contributed by atoms with E-state index in [1.165, 1.54) is 38.5 Å². The highest BCUT2D eigenvalue weighted by Crippen LogP contribution is 2.36. The monoisotopic (exact) mass is 542 g/mol. The number of nitrogens with one attached hydrogen (secondary N) is 2. The van der Waals surface area contributed by atoms with Crippen molar-refractivity contribution in [2.24, 2.45) is 0 Å². The fourth-order valence-electron chi connectivity index (χ4n) is 3.25. The Morgan fingerprint density at radius 1 is 0.917 bits per heavy atom. The lowest BCUT2D eigenvalue weighted by Gasteiger charge is -2.13. The first-order valence-electron chi connectivity index (χ1n) is 10.4. The lowest BCUT2D eigenvalue weighted by atomic mass is 10.1. The zero-order valence-electron chi connectivity index (χ0n) is 19.1. The summed E-state index contributed by atoms with van der Waals surface area (Å²) in [4.78, 5) is 12.1. The van der Waals surface area contributed by atoms with E-state index in [0.717, 1.165) is 17.7 Å². The van der Waals surface area contributed by atoms with Gasteiger partial charge in [-0.25, -0.2) is 8.42 Å². The third-order valence-electron chi connectivity index (χ3n) is 5.06. The Bertz CT molecular complexity index is 1350.